The predicted molar refractivity (Wildman–Crippen MR) is 111 cm³/mol. The summed E-state index contributed by atoms with van der Waals surface area (Å²) in [6.45, 7) is 9.46. The maximum atomic E-state index is 13.0. The Hall–Kier alpha value is -2.63. The molecular weight excluding hydrogens is 352 g/mol. The molecule has 1 aliphatic rings. The van der Waals surface area contributed by atoms with E-state index in [-0.39, 0.29) is 11.8 Å². The van der Waals surface area contributed by atoms with E-state index in [1.807, 2.05) is 25.3 Å². The minimum absolute atomic E-state index is 0.180. The van der Waals surface area contributed by atoms with Crippen molar-refractivity contribution in [3.8, 4) is 0 Å². The number of aryl methyl sites for hydroxylation is 3. The zero-order valence-corrected chi connectivity index (χ0v) is 17.3. The molecule has 2 aromatic rings. The fourth-order valence-electron chi connectivity index (χ4n) is 3.91. The monoisotopic (exact) mass is 382 g/mol. The summed E-state index contributed by atoms with van der Waals surface area (Å²) < 4.78 is 1.92. The summed E-state index contributed by atoms with van der Waals surface area (Å²) in [6.07, 6.45) is 4.73. The molecular formula is C22H30N4O2. The fourth-order valence-corrected chi connectivity index (χ4v) is 3.91. The molecule has 6 nitrogen and oxygen atoms in total. The number of hydrogen-bond acceptors (Lipinski definition) is 3. The van der Waals surface area contributed by atoms with Crippen LogP contribution >= 0.6 is 0 Å². The molecule has 0 aliphatic carbocycles. The molecule has 0 saturated heterocycles. The van der Waals surface area contributed by atoms with Gasteiger partial charge in [-0.05, 0) is 57.6 Å². The number of carbonyl (C=O) groups is 2. The summed E-state index contributed by atoms with van der Waals surface area (Å²) in [4.78, 5) is 30.1. The zero-order chi connectivity index (χ0) is 20.3. The molecule has 1 aromatic heterocycles. The van der Waals surface area contributed by atoms with Gasteiger partial charge in [0.15, 0.2) is 5.82 Å². The van der Waals surface area contributed by atoms with Gasteiger partial charge in [-0.15, -0.1) is 0 Å². The van der Waals surface area contributed by atoms with Crippen molar-refractivity contribution in [2.75, 3.05) is 11.9 Å². The Bertz CT molecular complexity index is 875. The molecule has 0 unspecified atom stereocenters. The van der Waals surface area contributed by atoms with Crippen molar-refractivity contribution in [1.82, 2.24) is 14.9 Å². The van der Waals surface area contributed by atoms with E-state index in [1.54, 1.807) is 0 Å². The lowest BCUT2D eigenvalue weighted by atomic mass is 10.1. The number of nitrogens with one attached hydrogen (secondary N) is 2. The summed E-state index contributed by atoms with van der Waals surface area (Å²) in [7, 11) is 0. The van der Waals surface area contributed by atoms with Crippen molar-refractivity contribution in [1.29, 1.82) is 0 Å². The lowest BCUT2D eigenvalue weighted by Gasteiger charge is -2.18. The molecule has 1 aliphatic heterocycles. The lowest BCUT2D eigenvalue weighted by molar-refractivity contribution is 0.0947. The van der Waals surface area contributed by atoms with Crippen molar-refractivity contribution in [3.05, 3.63) is 46.0 Å². The van der Waals surface area contributed by atoms with Gasteiger partial charge in [0, 0.05) is 18.8 Å². The van der Waals surface area contributed by atoms with E-state index < -0.39 is 0 Å². The number of fused-ring (bicyclic) bond motifs is 1. The van der Waals surface area contributed by atoms with E-state index in [1.165, 1.54) is 0 Å². The molecule has 28 heavy (non-hydrogen) atoms. The smallest absolute Gasteiger partial charge is 0.291 e. The zero-order valence-electron chi connectivity index (χ0n) is 17.3. The van der Waals surface area contributed by atoms with E-state index in [2.05, 4.69) is 34.7 Å². The summed E-state index contributed by atoms with van der Waals surface area (Å²) in [5, 5.41) is 5.95. The number of unbranched alkanes of at least 4 members (excludes halogenated alkanes) is 1. The van der Waals surface area contributed by atoms with Gasteiger partial charge in [0.25, 0.3) is 11.8 Å². The summed E-state index contributed by atoms with van der Waals surface area (Å²) in [6, 6.07) is 4.10. The fraction of sp³-hybridized carbons (Fsp3) is 0.500. The lowest BCUT2D eigenvalue weighted by Crippen LogP contribution is -2.26. The molecule has 6 heteroatoms. The first kappa shape index (κ1) is 20.1. The molecule has 0 fully saturated rings. The largest absolute Gasteiger partial charge is 0.351 e. The number of nitrogens with zero attached hydrogens (tertiary/aromatic N) is 2. The van der Waals surface area contributed by atoms with Crippen LogP contribution in [0.1, 0.15) is 76.1 Å². The number of hydrogen-bond donors (Lipinski definition) is 2. The molecule has 2 heterocycles. The van der Waals surface area contributed by atoms with E-state index in [0.29, 0.717) is 18.1 Å². The minimum atomic E-state index is -0.259. The van der Waals surface area contributed by atoms with Gasteiger partial charge in [0.05, 0.1) is 5.69 Å². The average molecular weight is 383 g/mol. The van der Waals surface area contributed by atoms with E-state index >= 15 is 0 Å². The highest BCUT2D eigenvalue weighted by Gasteiger charge is 2.27. The number of carbonyl (C=O) groups excluding carboxylic acids is 2. The maximum absolute atomic E-state index is 13.0. The number of anilines is 1. The normalized spacial score (nSPS) is 13.1. The van der Waals surface area contributed by atoms with E-state index in [9.17, 15) is 9.59 Å². The summed E-state index contributed by atoms with van der Waals surface area (Å²) >= 11 is 0. The van der Waals surface area contributed by atoms with Crippen LogP contribution < -0.4 is 10.6 Å². The number of benzene rings is 1. The Morgan fingerprint density at radius 2 is 1.82 bits per heavy atom. The number of aromatic nitrogens is 2. The third-order valence-corrected chi connectivity index (χ3v) is 5.27. The highest BCUT2D eigenvalue weighted by atomic mass is 16.2. The maximum Gasteiger partial charge on any atom is 0.291 e. The molecule has 2 amide bonds. The van der Waals surface area contributed by atoms with Crippen LogP contribution in [0.5, 0.6) is 0 Å². The van der Waals surface area contributed by atoms with Gasteiger partial charge in [-0.2, -0.15) is 0 Å². The van der Waals surface area contributed by atoms with E-state index in [0.717, 1.165) is 66.7 Å². The quantitative estimate of drug-likeness (QED) is 0.743. The molecule has 0 bridgehead atoms. The minimum Gasteiger partial charge on any atom is -0.351 e. The Morgan fingerprint density at radius 3 is 2.50 bits per heavy atom. The topological polar surface area (TPSA) is 76.0 Å². The Kier molecular flexibility index (Phi) is 6.17. The third-order valence-electron chi connectivity index (χ3n) is 5.27. The molecule has 1 aromatic carbocycles. The van der Waals surface area contributed by atoms with Crippen molar-refractivity contribution in [2.24, 2.45) is 0 Å². The van der Waals surface area contributed by atoms with Crippen molar-refractivity contribution in [3.63, 3.8) is 0 Å². The second-order valence-corrected chi connectivity index (χ2v) is 7.68. The first-order valence-corrected chi connectivity index (χ1v) is 10.2. The van der Waals surface area contributed by atoms with Crippen molar-refractivity contribution >= 4 is 17.5 Å². The van der Waals surface area contributed by atoms with Gasteiger partial charge in [-0.25, -0.2) is 4.98 Å². The van der Waals surface area contributed by atoms with Crippen LogP contribution in [0.15, 0.2) is 12.1 Å². The number of imidazole rings is 1. The van der Waals surface area contributed by atoms with Crippen LogP contribution in [0, 0.1) is 20.8 Å². The van der Waals surface area contributed by atoms with E-state index in [4.69, 9.17) is 0 Å². The summed E-state index contributed by atoms with van der Waals surface area (Å²) in [5.74, 6) is -0.110. The highest BCUT2D eigenvalue weighted by Crippen LogP contribution is 2.25. The molecule has 3 rings (SSSR count). The molecule has 150 valence electrons. The second-order valence-electron chi connectivity index (χ2n) is 7.68. The predicted octanol–water partition coefficient (Wildman–Crippen LogP) is 3.93. The molecule has 2 N–H and O–H groups in total. The SMILES string of the molecule is CCCCNC(=O)c1nc(C(=O)Nc2c(C)cc(C)cc2C)n2c1CCCC2. The molecule has 0 spiro atoms. The summed E-state index contributed by atoms with van der Waals surface area (Å²) in [5.41, 5.74) is 5.30. The van der Waals surface area contributed by atoms with Gasteiger partial charge < -0.3 is 15.2 Å². The van der Waals surface area contributed by atoms with Gasteiger partial charge >= 0.3 is 0 Å². The standard InChI is InChI=1S/C22H30N4O2/c1-5-6-10-23-21(27)19-17-9-7-8-11-26(17)20(24-19)22(28)25-18-15(3)12-14(2)13-16(18)4/h12-13H,5-11H2,1-4H3,(H,23,27)(H,25,28). The Labute approximate surface area is 166 Å². The molecule has 0 radical (unpaired) electrons. The third kappa shape index (κ3) is 4.11. The average Bonchev–Trinajstić information content (AvgIpc) is 3.04. The van der Waals surface area contributed by atoms with Crippen LogP contribution in [0.25, 0.3) is 0 Å². The molecule has 0 atom stereocenters. The Balaban J connectivity index is 1.89. The highest BCUT2D eigenvalue weighted by molar-refractivity contribution is 6.04. The van der Waals surface area contributed by atoms with Crippen LogP contribution in [-0.2, 0) is 13.0 Å². The van der Waals surface area contributed by atoms with Gasteiger partial charge in [0.2, 0.25) is 0 Å². The van der Waals surface area contributed by atoms with Gasteiger partial charge in [-0.1, -0.05) is 31.0 Å². The molecule has 0 saturated carbocycles. The van der Waals surface area contributed by atoms with Crippen LogP contribution in [0.2, 0.25) is 0 Å². The Morgan fingerprint density at radius 1 is 1.11 bits per heavy atom. The first-order valence-electron chi connectivity index (χ1n) is 10.2. The van der Waals surface area contributed by atoms with Crippen molar-refractivity contribution < 1.29 is 9.59 Å². The van der Waals surface area contributed by atoms with Gasteiger partial charge in [-0.3, -0.25) is 9.59 Å². The van der Waals surface area contributed by atoms with Crippen molar-refractivity contribution in [2.45, 2.75) is 66.3 Å². The second kappa shape index (κ2) is 8.59. The number of amides is 2. The number of rotatable bonds is 6. The van der Waals surface area contributed by atoms with Crippen LogP contribution in [0.3, 0.4) is 0 Å². The van der Waals surface area contributed by atoms with Crippen LogP contribution in [0.4, 0.5) is 5.69 Å². The first-order chi connectivity index (χ1) is 13.4. The van der Waals surface area contributed by atoms with Crippen LogP contribution in [-0.4, -0.2) is 27.9 Å². The van der Waals surface area contributed by atoms with Gasteiger partial charge in [0.1, 0.15) is 5.69 Å².